The summed E-state index contributed by atoms with van der Waals surface area (Å²) in [5.74, 6) is -0.774. The monoisotopic (exact) mass is 402 g/mol. The number of nitrogens with one attached hydrogen (secondary N) is 2. The van der Waals surface area contributed by atoms with Crippen LogP contribution in [0.2, 0.25) is 0 Å². The summed E-state index contributed by atoms with van der Waals surface area (Å²) in [7, 11) is 1.33. The standard InChI is InChI=1S/C21H30N4O4/c1-5-14(6-2)24-15-10-17-18(23-13(3)26)19(21(27)28-4)25(20(17)22-11-15)12-16-8-7-9-29-16/h10-11,14,16,24H,5-9,12H2,1-4H3,(H,23,26). The van der Waals surface area contributed by atoms with Crippen molar-refractivity contribution in [2.24, 2.45) is 0 Å². The van der Waals surface area contributed by atoms with Crippen molar-refractivity contribution in [1.29, 1.82) is 0 Å². The Morgan fingerprint density at radius 1 is 1.38 bits per heavy atom. The van der Waals surface area contributed by atoms with Crippen LogP contribution in [0.25, 0.3) is 11.0 Å². The van der Waals surface area contributed by atoms with Crippen molar-refractivity contribution < 1.29 is 19.1 Å². The average Bonchev–Trinajstić information content (AvgIpc) is 3.32. The highest BCUT2D eigenvalue weighted by Crippen LogP contribution is 2.34. The SMILES string of the molecule is CCC(CC)Nc1cnc2c(c1)c(NC(C)=O)c(C(=O)OC)n2CC1CCCO1. The van der Waals surface area contributed by atoms with Gasteiger partial charge in [0, 0.05) is 25.0 Å². The Morgan fingerprint density at radius 2 is 2.14 bits per heavy atom. The zero-order valence-corrected chi connectivity index (χ0v) is 17.6. The molecule has 1 fully saturated rings. The highest BCUT2D eigenvalue weighted by molar-refractivity contribution is 6.10. The fraction of sp³-hybridized carbons (Fsp3) is 0.571. The molecule has 3 rings (SSSR count). The van der Waals surface area contributed by atoms with Crippen LogP contribution < -0.4 is 10.6 Å². The number of nitrogens with zero attached hydrogens (tertiary/aromatic N) is 2. The lowest BCUT2D eigenvalue weighted by Gasteiger charge is -2.16. The molecule has 1 saturated heterocycles. The van der Waals surface area contributed by atoms with E-state index in [0.29, 0.717) is 41.6 Å². The van der Waals surface area contributed by atoms with Crippen LogP contribution in [0.15, 0.2) is 12.3 Å². The van der Waals surface area contributed by atoms with Gasteiger partial charge < -0.3 is 24.7 Å². The summed E-state index contributed by atoms with van der Waals surface area (Å²) in [6.07, 6.45) is 5.66. The molecule has 3 heterocycles. The fourth-order valence-electron chi connectivity index (χ4n) is 3.81. The molecule has 1 aliphatic heterocycles. The minimum Gasteiger partial charge on any atom is -0.464 e. The average molecular weight is 402 g/mol. The highest BCUT2D eigenvalue weighted by atomic mass is 16.5. The predicted molar refractivity (Wildman–Crippen MR) is 112 cm³/mol. The number of anilines is 2. The summed E-state index contributed by atoms with van der Waals surface area (Å²) < 4.78 is 12.6. The van der Waals surface area contributed by atoms with Crippen LogP contribution in [0.4, 0.5) is 11.4 Å². The number of hydrogen-bond acceptors (Lipinski definition) is 6. The van der Waals surface area contributed by atoms with Crippen LogP contribution in [0.1, 0.15) is 56.9 Å². The van der Waals surface area contributed by atoms with Crippen LogP contribution in [-0.2, 0) is 20.8 Å². The molecule has 0 aromatic carbocycles. The Balaban J connectivity index is 2.14. The third-order valence-corrected chi connectivity index (χ3v) is 5.34. The van der Waals surface area contributed by atoms with Crippen molar-refractivity contribution in [1.82, 2.24) is 9.55 Å². The van der Waals surface area contributed by atoms with Crippen LogP contribution in [0.5, 0.6) is 0 Å². The lowest BCUT2D eigenvalue weighted by molar-refractivity contribution is -0.114. The van der Waals surface area contributed by atoms with Crippen LogP contribution in [0.3, 0.4) is 0 Å². The number of amides is 1. The van der Waals surface area contributed by atoms with Crippen molar-refractivity contribution in [3.8, 4) is 0 Å². The Hall–Kier alpha value is -2.61. The Bertz CT molecular complexity index is 882. The predicted octanol–water partition coefficient (Wildman–Crippen LogP) is 3.56. The van der Waals surface area contributed by atoms with E-state index in [1.54, 1.807) is 6.20 Å². The Kier molecular flexibility index (Phi) is 6.74. The van der Waals surface area contributed by atoms with Crippen molar-refractivity contribution in [3.05, 3.63) is 18.0 Å². The lowest BCUT2D eigenvalue weighted by Crippen LogP contribution is -2.21. The van der Waals surface area contributed by atoms with Crippen molar-refractivity contribution in [3.63, 3.8) is 0 Å². The number of esters is 1. The van der Waals surface area contributed by atoms with Gasteiger partial charge >= 0.3 is 5.97 Å². The molecular weight excluding hydrogens is 372 g/mol. The molecular formula is C21H30N4O4. The van der Waals surface area contributed by atoms with Crippen molar-refractivity contribution >= 4 is 34.3 Å². The van der Waals surface area contributed by atoms with Crippen LogP contribution >= 0.6 is 0 Å². The number of methoxy groups -OCH3 is 1. The highest BCUT2D eigenvalue weighted by Gasteiger charge is 2.28. The van der Waals surface area contributed by atoms with Gasteiger partial charge in [0.25, 0.3) is 0 Å². The summed E-state index contributed by atoms with van der Waals surface area (Å²) in [5.41, 5.74) is 2.20. The number of pyridine rings is 1. The number of rotatable bonds is 8. The first-order valence-electron chi connectivity index (χ1n) is 10.2. The first-order chi connectivity index (χ1) is 14.0. The topological polar surface area (TPSA) is 94.5 Å². The zero-order chi connectivity index (χ0) is 21.0. The van der Waals surface area contributed by atoms with E-state index < -0.39 is 5.97 Å². The minimum absolute atomic E-state index is 0.00310. The second-order valence-electron chi connectivity index (χ2n) is 7.39. The second-order valence-corrected chi connectivity index (χ2v) is 7.39. The fourth-order valence-corrected chi connectivity index (χ4v) is 3.81. The lowest BCUT2D eigenvalue weighted by atomic mass is 10.1. The number of carbonyl (C=O) groups excluding carboxylic acids is 2. The molecule has 0 bridgehead atoms. The summed E-state index contributed by atoms with van der Waals surface area (Å²) in [6, 6.07) is 2.26. The molecule has 0 radical (unpaired) electrons. The first kappa shape index (κ1) is 21.1. The largest absolute Gasteiger partial charge is 0.464 e. The number of hydrogen-bond donors (Lipinski definition) is 2. The minimum atomic E-state index is -0.515. The Labute approximate surface area is 171 Å². The van der Waals surface area contributed by atoms with E-state index in [1.165, 1.54) is 14.0 Å². The molecule has 1 atom stereocenters. The van der Waals surface area contributed by atoms with Gasteiger partial charge in [-0.2, -0.15) is 0 Å². The molecule has 2 N–H and O–H groups in total. The molecule has 8 nitrogen and oxygen atoms in total. The zero-order valence-electron chi connectivity index (χ0n) is 17.6. The van der Waals surface area contributed by atoms with Crippen molar-refractivity contribution in [2.75, 3.05) is 24.4 Å². The molecule has 0 saturated carbocycles. The number of fused-ring (bicyclic) bond motifs is 1. The smallest absolute Gasteiger partial charge is 0.356 e. The van der Waals surface area contributed by atoms with Gasteiger partial charge in [0.1, 0.15) is 5.65 Å². The quantitative estimate of drug-likeness (QED) is 0.656. The van der Waals surface area contributed by atoms with E-state index in [9.17, 15) is 9.59 Å². The molecule has 0 spiro atoms. The summed E-state index contributed by atoms with van der Waals surface area (Å²) in [5, 5.41) is 6.99. The van der Waals surface area contributed by atoms with Gasteiger partial charge in [0.05, 0.1) is 37.3 Å². The molecule has 1 unspecified atom stereocenters. The van der Waals surface area contributed by atoms with Crippen LogP contribution in [-0.4, -0.2) is 47.3 Å². The first-order valence-corrected chi connectivity index (χ1v) is 10.2. The normalized spacial score (nSPS) is 16.4. The summed E-state index contributed by atoms with van der Waals surface area (Å²) in [4.78, 5) is 29.2. The van der Waals surface area contributed by atoms with E-state index in [-0.39, 0.29) is 12.0 Å². The van der Waals surface area contributed by atoms with Gasteiger partial charge in [-0.05, 0) is 31.7 Å². The maximum Gasteiger partial charge on any atom is 0.356 e. The molecule has 2 aromatic heterocycles. The second kappa shape index (κ2) is 9.26. The van der Waals surface area contributed by atoms with E-state index in [1.807, 2.05) is 10.6 Å². The number of carbonyl (C=O) groups is 2. The van der Waals surface area contributed by atoms with Gasteiger partial charge in [0.15, 0.2) is 5.69 Å². The van der Waals surface area contributed by atoms with Gasteiger partial charge in [-0.25, -0.2) is 9.78 Å². The third kappa shape index (κ3) is 4.53. The van der Waals surface area contributed by atoms with E-state index >= 15 is 0 Å². The van der Waals surface area contributed by atoms with E-state index in [2.05, 4.69) is 29.5 Å². The van der Waals surface area contributed by atoms with Gasteiger partial charge in [-0.1, -0.05) is 13.8 Å². The molecule has 158 valence electrons. The van der Waals surface area contributed by atoms with Crippen molar-refractivity contribution in [2.45, 2.75) is 65.1 Å². The third-order valence-electron chi connectivity index (χ3n) is 5.34. The molecule has 1 aliphatic rings. The maximum absolute atomic E-state index is 12.7. The molecule has 29 heavy (non-hydrogen) atoms. The van der Waals surface area contributed by atoms with Crippen LogP contribution in [0, 0.1) is 0 Å². The van der Waals surface area contributed by atoms with E-state index in [0.717, 1.165) is 31.4 Å². The van der Waals surface area contributed by atoms with Gasteiger partial charge in [0.2, 0.25) is 5.91 Å². The number of aromatic nitrogens is 2. The summed E-state index contributed by atoms with van der Waals surface area (Å²) in [6.45, 7) is 6.87. The summed E-state index contributed by atoms with van der Waals surface area (Å²) >= 11 is 0. The van der Waals surface area contributed by atoms with Gasteiger partial charge in [-0.3, -0.25) is 4.79 Å². The molecule has 1 amide bonds. The molecule has 8 heteroatoms. The molecule has 0 aliphatic carbocycles. The maximum atomic E-state index is 12.7. The number of ether oxygens (including phenoxy) is 2. The molecule has 2 aromatic rings. The van der Waals surface area contributed by atoms with E-state index in [4.69, 9.17) is 9.47 Å². The Morgan fingerprint density at radius 3 is 2.72 bits per heavy atom. The van der Waals surface area contributed by atoms with Gasteiger partial charge in [-0.15, -0.1) is 0 Å².